The van der Waals surface area contributed by atoms with Gasteiger partial charge in [0.05, 0.1) is 20.1 Å². The highest BCUT2D eigenvalue weighted by Crippen LogP contribution is 2.52. The number of hydrogen-bond donors (Lipinski definition) is 0. The number of fused-ring (bicyclic) bond motifs is 1. The molecule has 2 fully saturated rings. The molecular formula is C17H21NO4. The van der Waals surface area contributed by atoms with Crippen molar-refractivity contribution in [3.63, 3.8) is 0 Å². The van der Waals surface area contributed by atoms with Gasteiger partial charge < -0.3 is 9.47 Å². The van der Waals surface area contributed by atoms with E-state index < -0.39 is 5.54 Å². The minimum atomic E-state index is -0.741. The minimum Gasteiger partial charge on any atom is -0.469 e. The lowest BCUT2D eigenvalue weighted by molar-refractivity contribution is -0.153. The van der Waals surface area contributed by atoms with Gasteiger partial charge in [-0.25, -0.2) is 0 Å². The highest BCUT2D eigenvalue weighted by atomic mass is 16.5. The van der Waals surface area contributed by atoms with Gasteiger partial charge in [0.1, 0.15) is 5.54 Å². The van der Waals surface area contributed by atoms with E-state index in [0.29, 0.717) is 13.0 Å². The van der Waals surface area contributed by atoms with Crippen molar-refractivity contribution in [1.29, 1.82) is 0 Å². The number of nitrogens with zero attached hydrogens (tertiary/aromatic N) is 1. The Labute approximate surface area is 130 Å². The van der Waals surface area contributed by atoms with Crippen LogP contribution in [0.15, 0.2) is 30.3 Å². The highest BCUT2D eigenvalue weighted by Gasteiger charge is 2.63. The van der Waals surface area contributed by atoms with Crippen molar-refractivity contribution in [1.82, 2.24) is 4.90 Å². The Morgan fingerprint density at radius 2 is 1.91 bits per heavy atom. The van der Waals surface area contributed by atoms with Gasteiger partial charge in [-0.1, -0.05) is 30.3 Å². The molecule has 3 rings (SSSR count). The van der Waals surface area contributed by atoms with Gasteiger partial charge in [-0.05, 0) is 24.9 Å². The molecule has 0 spiro atoms. The fourth-order valence-electron chi connectivity index (χ4n) is 4.24. The molecular weight excluding hydrogens is 282 g/mol. The number of ether oxygens (including phenoxy) is 2. The van der Waals surface area contributed by atoms with Crippen LogP contribution >= 0.6 is 0 Å². The van der Waals surface area contributed by atoms with Crippen LogP contribution < -0.4 is 0 Å². The first-order chi connectivity index (χ1) is 10.6. The summed E-state index contributed by atoms with van der Waals surface area (Å²) >= 11 is 0. The van der Waals surface area contributed by atoms with Gasteiger partial charge in [-0.15, -0.1) is 0 Å². The van der Waals surface area contributed by atoms with Crippen molar-refractivity contribution >= 4 is 11.9 Å². The average Bonchev–Trinajstić information content (AvgIpc) is 3.10. The summed E-state index contributed by atoms with van der Waals surface area (Å²) in [5.41, 5.74) is 0.252. The lowest BCUT2D eigenvalue weighted by Crippen LogP contribution is -2.50. The van der Waals surface area contributed by atoms with E-state index >= 15 is 0 Å². The molecule has 5 nitrogen and oxygen atoms in total. The number of methoxy groups -OCH3 is 2. The second-order valence-corrected chi connectivity index (χ2v) is 5.98. The first kappa shape index (κ1) is 15.0. The molecule has 2 aliphatic heterocycles. The fourth-order valence-corrected chi connectivity index (χ4v) is 4.24. The van der Waals surface area contributed by atoms with Crippen LogP contribution in [-0.4, -0.2) is 49.7 Å². The molecule has 0 amide bonds. The smallest absolute Gasteiger partial charge is 0.326 e. The molecule has 0 unspecified atom stereocenters. The second-order valence-electron chi connectivity index (χ2n) is 5.98. The molecule has 2 aliphatic rings. The molecule has 0 saturated carbocycles. The van der Waals surface area contributed by atoms with Crippen molar-refractivity contribution in [3.05, 3.63) is 35.9 Å². The summed E-state index contributed by atoms with van der Waals surface area (Å²) in [5.74, 6) is -1.07. The summed E-state index contributed by atoms with van der Waals surface area (Å²) < 4.78 is 10.1. The number of hydrogen-bond acceptors (Lipinski definition) is 5. The molecule has 2 saturated heterocycles. The maximum atomic E-state index is 12.6. The summed E-state index contributed by atoms with van der Waals surface area (Å²) in [4.78, 5) is 27.0. The van der Waals surface area contributed by atoms with Crippen LogP contribution in [0.4, 0.5) is 0 Å². The van der Waals surface area contributed by atoms with Crippen LogP contribution in [0, 0.1) is 5.92 Å². The predicted octanol–water partition coefficient (Wildman–Crippen LogP) is 1.58. The van der Waals surface area contributed by atoms with E-state index in [1.54, 1.807) is 0 Å². The standard InChI is InChI=1S/C17H21NO4/c1-21-15(19)13-11-18-10-6-9-17(18,16(20)22-2)14(13)12-7-4-3-5-8-12/h3-5,7-8,13-14H,6,9-11H2,1-2H3/t13-,14+,17-/m1/s1. The van der Waals surface area contributed by atoms with Gasteiger partial charge in [0.2, 0.25) is 0 Å². The SMILES string of the molecule is COC(=O)[C@@H]1CN2CCC[C@]2(C(=O)OC)[C@H]1c1ccccc1. The molecule has 1 aromatic carbocycles. The van der Waals surface area contributed by atoms with Crippen LogP contribution in [0.1, 0.15) is 24.3 Å². The molecule has 0 aromatic heterocycles. The topological polar surface area (TPSA) is 55.8 Å². The first-order valence-electron chi connectivity index (χ1n) is 7.61. The van der Waals surface area contributed by atoms with Crippen LogP contribution in [0.2, 0.25) is 0 Å². The number of carbonyl (C=O) groups is 2. The summed E-state index contributed by atoms with van der Waals surface area (Å²) in [6, 6.07) is 9.77. The first-order valence-corrected chi connectivity index (χ1v) is 7.61. The van der Waals surface area contributed by atoms with Crippen molar-refractivity contribution < 1.29 is 19.1 Å². The van der Waals surface area contributed by atoms with Crippen LogP contribution in [0.5, 0.6) is 0 Å². The Hall–Kier alpha value is -1.88. The van der Waals surface area contributed by atoms with E-state index in [1.165, 1.54) is 14.2 Å². The zero-order valence-corrected chi connectivity index (χ0v) is 13.0. The zero-order chi connectivity index (χ0) is 15.7. The maximum Gasteiger partial charge on any atom is 0.326 e. The Morgan fingerprint density at radius 3 is 2.55 bits per heavy atom. The number of carbonyl (C=O) groups excluding carboxylic acids is 2. The zero-order valence-electron chi connectivity index (χ0n) is 13.0. The van der Waals surface area contributed by atoms with Crippen molar-refractivity contribution in [3.8, 4) is 0 Å². The fraction of sp³-hybridized carbons (Fsp3) is 0.529. The van der Waals surface area contributed by atoms with Gasteiger partial charge in [-0.2, -0.15) is 0 Å². The third-order valence-corrected chi connectivity index (χ3v) is 5.09. The van der Waals surface area contributed by atoms with Gasteiger partial charge in [-0.3, -0.25) is 14.5 Å². The number of esters is 2. The molecule has 0 aliphatic carbocycles. The van der Waals surface area contributed by atoms with Gasteiger partial charge in [0.25, 0.3) is 0 Å². The van der Waals surface area contributed by atoms with Crippen LogP contribution in [-0.2, 0) is 19.1 Å². The molecule has 5 heteroatoms. The highest BCUT2D eigenvalue weighted by molar-refractivity contribution is 5.87. The predicted molar refractivity (Wildman–Crippen MR) is 80.2 cm³/mol. The van der Waals surface area contributed by atoms with E-state index in [9.17, 15) is 9.59 Å². The Balaban J connectivity index is 2.11. The van der Waals surface area contributed by atoms with Crippen LogP contribution in [0.3, 0.4) is 0 Å². The monoisotopic (exact) mass is 303 g/mol. The largest absolute Gasteiger partial charge is 0.469 e. The molecule has 0 N–H and O–H groups in total. The van der Waals surface area contributed by atoms with Gasteiger partial charge in [0.15, 0.2) is 0 Å². The molecule has 0 radical (unpaired) electrons. The average molecular weight is 303 g/mol. The number of rotatable bonds is 3. The Kier molecular flexibility index (Phi) is 3.91. The minimum absolute atomic E-state index is 0.226. The molecule has 3 atom stereocenters. The molecule has 22 heavy (non-hydrogen) atoms. The van der Waals surface area contributed by atoms with E-state index in [4.69, 9.17) is 9.47 Å². The number of benzene rings is 1. The normalized spacial score (nSPS) is 30.8. The second kappa shape index (κ2) is 5.72. The lowest BCUT2D eigenvalue weighted by Gasteiger charge is -2.35. The summed E-state index contributed by atoms with van der Waals surface area (Å²) in [5, 5.41) is 0. The van der Waals surface area contributed by atoms with Crippen molar-refractivity contribution in [2.75, 3.05) is 27.3 Å². The third-order valence-electron chi connectivity index (χ3n) is 5.09. The summed E-state index contributed by atoms with van der Waals surface area (Å²) in [6.45, 7) is 1.35. The summed E-state index contributed by atoms with van der Waals surface area (Å²) in [6.07, 6.45) is 1.65. The lowest BCUT2D eigenvalue weighted by atomic mass is 9.74. The van der Waals surface area contributed by atoms with Crippen molar-refractivity contribution in [2.45, 2.75) is 24.3 Å². The van der Waals surface area contributed by atoms with Crippen molar-refractivity contribution in [2.24, 2.45) is 5.92 Å². The summed E-state index contributed by atoms with van der Waals surface area (Å²) in [7, 11) is 2.82. The maximum absolute atomic E-state index is 12.6. The van der Waals surface area contributed by atoms with Gasteiger partial charge in [0, 0.05) is 12.5 Å². The van der Waals surface area contributed by atoms with Gasteiger partial charge >= 0.3 is 11.9 Å². The molecule has 2 heterocycles. The molecule has 0 bridgehead atoms. The quantitative estimate of drug-likeness (QED) is 0.794. The van der Waals surface area contributed by atoms with E-state index in [1.807, 2.05) is 30.3 Å². The Morgan fingerprint density at radius 1 is 1.18 bits per heavy atom. The van der Waals surface area contributed by atoms with E-state index in [2.05, 4.69) is 4.90 Å². The van der Waals surface area contributed by atoms with Crippen LogP contribution in [0.25, 0.3) is 0 Å². The Bertz CT molecular complexity index is 573. The van der Waals surface area contributed by atoms with E-state index in [0.717, 1.165) is 18.5 Å². The molecule has 118 valence electrons. The third kappa shape index (κ3) is 2.03. The molecule has 1 aromatic rings. The van der Waals surface area contributed by atoms with E-state index in [-0.39, 0.29) is 23.8 Å².